The first-order valence-corrected chi connectivity index (χ1v) is 9.37. The Bertz CT molecular complexity index is 745. The van der Waals surface area contributed by atoms with Gasteiger partial charge in [-0.25, -0.2) is 0 Å². The molecule has 1 aliphatic heterocycles. The predicted octanol–water partition coefficient (Wildman–Crippen LogP) is 2.39. The number of nitro benzene ring substituents is 1. The van der Waals surface area contributed by atoms with E-state index < -0.39 is 4.92 Å². The molecule has 0 aliphatic carbocycles. The third-order valence-electron chi connectivity index (χ3n) is 4.39. The number of carbonyl (C=O) groups excluding carboxylic acids is 1. The van der Waals surface area contributed by atoms with E-state index in [2.05, 4.69) is 16.3 Å². The van der Waals surface area contributed by atoms with E-state index >= 15 is 0 Å². The van der Waals surface area contributed by atoms with E-state index in [-0.39, 0.29) is 24.1 Å². The number of rotatable bonds is 7. The van der Waals surface area contributed by atoms with Gasteiger partial charge in [0.1, 0.15) is 0 Å². The number of para-hydroxylation sites is 1. The minimum Gasteiger partial charge on any atom is -0.379 e. The van der Waals surface area contributed by atoms with Gasteiger partial charge in [-0.1, -0.05) is 24.3 Å². The van der Waals surface area contributed by atoms with Crippen LogP contribution in [0.5, 0.6) is 0 Å². The summed E-state index contributed by atoms with van der Waals surface area (Å²) in [6, 6.07) is 10.5. The fourth-order valence-corrected chi connectivity index (χ4v) is 3.92. The van der Waals surface area contributed by atoms with Gasteiger partial charge in [0.25, 0.3) is 5.69 Å². The van der Waals surface area contributed by atoms with Crippen molar-refractivity contribution in [2.75, 3.05) is 32.8 Å². The number of hydrogen-bond donors (Lipinski definition) is 1. The lowest BCUT2D eigenvalue weighted by molar-refractivity contribution is -0.385. The van der Waals surface area contributed by atoms with E-state index in [4.69, 9.17) is 4.74 Å². The highest BCUT2D eigenvalue weighted by Crippen LogP contribution is 2.25. The van der Waals surface area contributed by atoms with Crippen molar-refractivity contribution in [2.24, 2.45) is 0 Å². The Labute approximate surface area is 155 Å². The molecule has 1 unspecified atom stereocenters. The number of benzene rings is 1. The van der Waals surface area contributed by atoms with Crippen molar-refractivity contribution in [3.8, 4) is 0 Å². The molecule has 0 spiro atoms. The molecule has 8 heteroatoms. The SMILES string of the molecule is O=C(Cc1ccccc1[N+](=O)[O-])NCC(c1cccs1)N1CCOCC1. The fraction of sp³-hybridized carbons (Fsp3) is 0.389. The lowest BCUT2D eigenvalue weighted by Crippen LogP contribution is -2.43. The number of nitrogens with one attached hydrogen (secondary N) is 1. The van der Waals surface area contributed by atoms with Gasteiger partial charge in [-0.2, -0.15) is 0 Å². The zero-order valence-corrected chi connectivity index (χ0v) is 15.1. The third-order valence-corrected chi connectivity index (χ3v) is 5.36. The van der Waals surface area contributed by atoms with Crippen molar-refractivity contribution in [1.82, 2.24) is 10.2 Å². The summed E-state index contributed by atoms with van der Waals surface area (Å²) < 4.78 is 5.42. The van der Waals surface area contributed by atoms with Crippen LogP contribution in [-0.2, 0) is 16.0 Å². The Kier molecular flexibility index (Phi) is 6.32. The molecule has 1 amide bonds. The van der Waals surface area contributed by atoms with Crippen LogP contribution >= 0.6 is 11.3 Å². The normalized spacial score (nSPS) is 16.2. The first-order valence-electron chi connectivity index (χ1n) is 8.49. The van der Waals surface area contributed by atoms with E-state index in [0.29, 0.717) is 25.3 Å². The molecule has 7 nitrogen and oxygen atoms in total. The predicted molar refractivity (Wildman–Crippen MR) is 99.3 cm³/mol. The van der Waals surface area contributed by atoms with Crippen LogP contribution in [0.1, 0.15) is 16.5 Å². The molecule has 1 saturated heterocycles. The van der Waals surface area contributed by atoms with Gasteiger partial charge in [-0.15, -0.1) is 11.3 Å². The van der Waals surface area contributed by atoms with Crippen LogP contribution in [0.3, 0.4) is 0 Å². The molecule has 138 valence electrons. The van der Waals surface area contributed by atoms with E-state index in [1.54, 1.807) is 29.5 Å². The molecule has 3 rings (SSSR count). The van der Waals surface area contributed by atoms with Crippen LogP contribution in [0.25, 0.3) is 0 Å². The minimum absolute atomic E-state index is 0.00255. The third kappa shape index (κ3) is 4.66. The highest BCUT2D eigenvalue weighted by atomic mass is 32.1. The molecule has 1 atom stereocenters. The number of nitro groups is 1. The average molecular weight is 375 g/mol. The number of ether oxygens (including phenoxy) is 1. The average Bonchev–Trinajstić information content (AvgIpc) is 3.17. The van der Waals surface area contributed by atoms with Gasteiger partial charge < -0.3 is 10.1 Å². The Morgan fingerprint density at radius 3 is 2.73 bits per heavy atom. The van der Waals surface area contributed by atoms with Crippen molar-refractivity contribution >= 4 is 22.9 Å². The second kappa shape index (κ2) is 8.88. The summed E-state index contributed by atoms with van der Waals surface area (Å²) >= 11 is 1.66. The summed E-state index contributed by atoms with van der Waals surface area (Å²) in [5.41, 5.74) is 0.402. The van der Waals surface area contributed by atoms with Gasteiger partial charge in [-0.3, -0.25) is 19.8 Å². The quantitative estimate of drug-likeness (QED) is 0.593. The topological polar surface area (TPSA) is 84.7 Å². The summed E-state index contributed by atoms with van der Waals surface area (Å²) in [7, 11) is 0. The Morgan fingerprint density at radius 2 is 2.04 bits per heavy atom. The molecule has 0 saturated carbocycles. The molecular weight excluding hydrogens is 354 g/mol. The lowest BCUT2D eigenvalue weighted by atomic mass is 10.1. The standard InChI is InChI=1S/C18H21N3O4S/c22-18(12-14-4-1-2-5-15(14)21(23)24)19-13-16(17-6-3-11-26-17)20-7-9-25-10-8-20/h1-6,11,16H,7-10,12-13H2,(H,19,22). The first kappa shape index (κ1) is 18.5. The van der Waals surface area contributed by atoms with Gasteiger partial charge >= 0.3 is 0 Å². The van der Waals surface area contributed by atoms with Gasteiger partial charge in [0.2, 0.25) is 5.91 Å². The number of thiophene rings is 1. The lowest BCUT2D eigenvalue weighted by Gasteiger charge is -2.34. The van der Waals surface area contributed by atoms with Crippen molar-refractivity contribution in [3.63, 3.8) is 0 Å². The molecule has 0 radical (unpaired) electrons. The monoisotopic (exact) mass is 375 g/mol. The van der Waals surface area contributed by atoms with Gasteiger partial charge in [0.15, 0.2) is 0 Å². The van der Waals surface area contributed by atoms with E-state index in [1.165, 1.54) is 10.9 Å². The molecule has 2 heterocycles. The van der Waals surface area contributed by atoms with Crippen LogP contribution in [0.4, 0.5) is 5.69 Å². The molecule has 2 aromatic rings. The van der Waals surface area contributed by atoms with E-state index in [0.717, 1.165) is 13.1 Å². The minimum atomic E-state index is -0.454. The summed E-state index contributed by atoms with van der Waals surface area (Å²) in [6.45, 7) is 3.49. The first-order chi connectivity index (χ1) is 12.6. The molecule has 1 aliphatic rings. The number of nitrogens with zero attached hydrogens (tertiary/aromatic N) is 2. The maximum absolute atomic E-state index is 12.4. The second-order valence-corrected chi connectivity index (χ2v) is 7.03. The number of carbonyl (C=O) groups is 1. The molecule has 1 aromatic heterocycles. The van der Waals surface area contributed by atoms with Crippen LogP contribution in [-0.4, -0.2) is 48.6 Å². The fourth-order valence-electron chi connectivity index (χ4n) is 3.06. The van der Waals surface area contributed by atoms with Gasteiger partial charge in [0.05, 0.1) is 30.6 Å². The number of amides is 1. The van der Waals surface area contributed by atoms with Crippen LogP contribution in [0, 0.1) is 10.1 Å². The Morgan fingerprint density at radius 1 is 1.27 bits per heavy atom. The molecule has 1 aromatic carbocycles. The smallest absolute Gasteiger partial charge is 0.273 e. The van der Waals surface area contributed by atoms with Crippen LogP contribution in [0.2, 0.25) is 0 Å². The Balaban J connectivity index is 1.63. The zero-order valence-electron chi connectivity index (χ0n) is 14.3. The molecule has 1 fully saturated rings. The van der Waals surface area contributed by atoms with Crippen molar-refractivity contribution < 1.29 is 14.5 Å². The largest absolute Gasteiger partial charge is 0.379 e. The summed E-state index contributed by atoms with van der Waals surface area (Å²) in [4.78, 5) is 26.5. The maximum atomic E-state index is 12.4. The molecular formula is C18H21N3O4S. The summed E-state index contributed by atoms with van der Waals surface area (Å²) in [5.74, 6) is -0.214. The maximum Gasteiger partial charge on any atom is 0.273 e. The Hall–Kier alpha value is -2.29. The highest BCUT2D eigenvalue weighted by Gasteiger charge is 2.24. The number of morpholine rings is 1. The second-order valence-electron chi connectivity index (χ2n) is 6.05. The van der Waals surface area contributed by atoms with Crippen molar-refractivity contribution in [1.29, 1.82) is 0 Å². The van der Waals surface area contributed by atoms with E-state index in [1.807, 2.05) is 11.4 Å². The van der Waals surface area contributed by atoms with Crippen LogP contribution in [0.15, 0.2) is 41.8 Å². The summed E-state index contributed by atoms with van der Waals surface area (Å²) in [6.07, 6.45) is -0.00255. The van der Waals surface area contributed by atoms with Gasteiger partial charge in [-0.05, 0) is 11.4 Å². The van der Waals surface area contributed by atoms with E-state index in [9.17, 15) is 14.9 Å². The highest BCUT2D eigenvalue weighted by molar-refractivity contribution is 7.10. The molecule has 0 bridgehead atoms. The summed E-state index contributed by atoms with van der Waals surface area (Å²) in [5, 5.41) is 16.1. The van der Waals surface area contributed by atoms with Crippen molar-refractivity contribution in [3.05, 3.63) is 62.3 Å². The molecule has 26 heavy (non-hydrogen) atoms. The van der Waals surface area contributed by atoms with Crippen LogP contribution < -0.4 is 5.32 Å². The van der Waals surface area contributed by atoms with Gasteiger partial charge in [0, 0.05) is 36.1 Å². The number of hydrogen-bond acceptors (Lipinski definition) is 6. The van der Waals surface area contributed by atoms with Crippen molar-refractivity contribution in [2.45, 2.75) is 12.5 Å². The zero-order chi connectivity index (χ0) is 18.4. The molecule has 1 N–H and O–H groups in total.